The van der Waals surface area contributed by atoms with Gasteiger partial charge in [-0.05, 0) is 20.8 Å². The van der Waals surface area contributed by atoms with Gasteiger partial charge in [0.05, 0.1) is 18.6 Å². The Kier molecular flexibility index (Phi) is 3.87. The second-order valence-corrected chi connectivity index (χ2v) is 5.19. The number of carboxylic acids is 1. The number of carboxylic acid groups (broad SMARTS) is 1. The molecule has 1 heterocycles. The molecule has 0 aromatic heterocycles. The molecule has 0 bridgehead atoms. The van der Waals surface area contributed by atoms with Gasteiger partial charge in [-0.2, -0.15) is 0 Å². The molecule has 0 spiro atoms. The maximum absolute atomic E-state index is 11.8. The van der Waals surface area contributed by atoms with Crippen molar-refractivity contribution in [2.75, 3.05) is 19.7 Å². The molecule has 2 amide bonds. The predicted molar refractivity (Wildman–Crippen MR) is 65.0 cm³/mol. The number of terminal acetylenes is 1. The third kappa shape index (κ3) is 3.64. The van der Waals surface area contributed by atoms with Crippen LogP contribution in [0.25, 0.3) is 0 Å². The lowest BCUT2D eigenvalue weighted by atomic mass is 9.96. The lowest BCUT2D eigenvalue weighted by molar-refractivity contribution is -0.159. The van der Waals surface area contributed by atoms with E-state index in [1.165, 1.54) is 4.90 Å². The van der Waals surface area contributed by atoms with Crippen molar-refractivity contribution in [2.45, 2.75) is 31.9 Å². The number of nitrogens with one attached hydrogen (secondary N) is 1. The summed E-state index contributed by atoms with van der Waals surface area (Å²) < 4.78 is 5.20. The Morgan fingerprint density at radius 1 is 1.56 bits per heavy atom. The topological polar surface area (TPSA) is 78.9 Å². The number of aliphatic carboxylic acids is 1. The average molecular weight is 254 g/mol. The largest absolute Gasteiger partial charge is 0.480 e. The second-order valence-electron chi connectivity index (χ2n) is 5.19. The highest BCUT2D eigenvalue weighted by atomic mass is 16.5. The number of nitrogens with zero attached hydrogens (tertiary/aromatic N) is 1. The van der Waals surface area contributed by atoms with E-state index in [1.807, 2.05) is 0 Å². The van der Waals surface area contributed by atoms with Gasteiger partial charge in [0.1, 0.15) is 12.2 Å². The summed E-state index contributed by atoms with van der Waals surface area (Å²) in [5, 5.41) is 11.2. The van der Waals surface area contributed by atoms with E-state index in [0.717, 1.165) is 0 Å². The number of hydrogen-bond acceptors (Lipinski definition) is 3. The number of rotatable bonds is 4. The Hall–Kier alpha value is -1.74. The highest BCUT2D eigenvalue weighted by Gasteiger charge is 2.43. The number of amides is 2. The Balaban J connectivity index is 2.40. The van der Waals surface area contributed by atoms with Gasteiger partial charge in [-0.3, -0.25) is 0 Å². The third-order valence-electron chi connectivity index (χ3n) is 2.66. The minimum Gasteiger partial charge on any atom is -0.480 e. The van der Waals surface area contributed by atoms with Crippen LogP contribution in [0.15, 0.2) is 0 Å². The van der Waals surface area contributed by atoms with Crippen LogP contribution in [0, 0.1) is 12.3 Å². The number of carbonyl (C=O) groups is 2. The summed E-state index contributed by atoms with van der Waals surface area (Å²) in [4.78, 5) is 23.7. The van der Waals surface area contributed by atoms with Crippen LogP contribution >= 0.6 is 0 Å². The molecule has 0 aromatic carbocycles. The zero-order valence-electron chi connectivity index (χ0n) is 10.8. The summed E-state index contributed by atoms with van der Waals surface area (Å²) in [6, 6.07) is -0.269. The first kappa shape index (κ1) is 14.3. The van der Waals surface area contributed by atoms with Gasteiger partial charge in [-0.25, -0.2) is 9.59 Å². The van der Waals surface area contributed by atoms with E-state index in [9.17, 15) is 9.59 Å². The summed E-state index contributed by atoms with van der Waals surface area (Å²) in [7, 11) is 0. The zero-order chi connectivity index (χ0) is 14.0. The molecule has 1 aliphatic rings. The summed E-state index contributed by atoms with van der Waals surface area (Å²) >= 11 is 0. The quantitative estimate of drug-likeness (QED) is 0.706. The highest BCUT2D eigenvalue weighted by molar-refractivity contribution is 5.77. The molecule has 0 radical (unpaired) electrons. The van der Waals surface area contributed by atoms with Crippen molar-refractivity contribution < 1.29 is 19.4 Å². The van der Waals surface area contributed by atoms with E-state index < -0.39 is 17.1 Å². The van der Waals surface area contributed by atoms with Gasteiger partial charge in [-0.15, -0.1) is 6.42 Å². The van der Waals surface area contributed by atoms with Gasteiger partial charge >= 0.3 is 12.0 Å². The van der Waals surface area contributed by atoms with Crippen molar-refractivity contribution in [3.8, 4) is 12.3 Å². The number of ether oxygens (including phenoxy) is 1. The van der Waals surface area contributed by atoms with Gasteiger partial charge in [0.2, 0.25) is 0 Å². The molecule has 1 rings (SSSR count). The first-order valence-corrected chi connectivity index (χ1v) is 5.58. The average Bonchev–Trinajstić information content (AvgIpc) is 2.21. The number of carbonyl (C=O) groups excluding carboxylic acids is 1. The first-order chi connectivity index (χ1) is 8.17. The number of urea groups is 1. The van der Waals surface area contributed by atoms with Crippen LogP contribution in [0.1, 0.15) is 20.8 Å². The van der Waals surface area contributed by atoms with E-state index in [-0.39, 0.29) is 12.6 Å². The maximum atomic E-state index is 11.8. The van der Waals surface area contributed by atoms with Gasteiger partial charge < -0.3 is 20.1 Å². The summed E-state index contributed by atoms with van der Waals surface area (Å²) in [6.07, 6.45) is 5.28. The van der Waals surface area contributed by atoms with Crippen molar-refractivity contribution in [3.63, 3.8) is 0 Å². The van der Waals surface area contributed by atoms with Crippen molar-refractivity contribution in [2.24, 2.45) is 0 Å². The Morgan fingerprint density at radius 3 is 2.56 bits per heavy atom. The predicted octanol–water partition coefficient (Wildman–Crippen LogP) is 0.283. The van der Waals surface area contributed by atoms with Crippen LogP contribution in [0.4, 0.5) is 4.79 Å². The summed E-state index contributed by atoms with van der Waals surface area (Å²) in [5.74, 6) is 1.45. The molecule has 0 atom stereocenters. The van der Waals surface area contributed by atoms with E-state index in [1.54, 1.807) is 20.8 Å². The summed E-state index contributed by atoms with van der Waals surface area (Å²) in [6.45, 7) is 5.57. The lowest BCUT2D eigenvalue weighted by Crippen LogP contribution is -2.66. The fourth-order valence-corrected chi connectivity index (χ4v) is 1.61. The molecule has 1 aliphatic heterocycles. The van der Waals surface area contributed by atoms with Gasteiger partial charge in [0.15, 0.2) is 0 Å². The Morgan fingerprint density at radius 2 is 2.11 bits per heavy atom. The van der Waals surface area contributed by atoms with Crippen LogP contribution in [0.3, 0.4) is 0 Å². The summed E-state index contributed by atoms with van der Waals surface area (Å²) in [5.41, 5.74) is -1.29. The molecule has 1 saturated heterocycles. The van der Waals surface area contributed by atoms with Gasteiger partial charge in [0, 0.05) is 0 Å². The van der Waals surface area contributed by atoms with Crippen LogP contribution in [0.2, 0.25) is 0 Å². The van der Waals surface area contributed by atoms with Crippen LogP contribution in [-0.4, -0.2) is 52.8 Å². The zero-order valence-corrected chi connectivity index (χ0v) is 10.8. The van der Waals surface area contributed by atoms with Crippen molar-refractivity contribution in [3.05, 3.63) is 0 Å². The maximum Gasteiger partial charge on any atom is 0.329 e. The number of hydrogen-bond donors (Lipinski definition) is 2. The fourth-order valence-electron chi connectivity index (χ4n) is 1.61. The van der Waals surface area contributed by atoms with Crippen molar-refractivity contribution in [1.29, 1.82) is 0 Å². The molecular weight excluding hydrogens is 236 g/mol. The molecule has 0 aromatic rings. The van der Waals surface area contributed by atoms with E-state index >= 15 is 0 Å². The highest BCUT2D eigenvalue weighted by Crippen LogP contribution is 2.24. The van der Waals surface area contributed by atoms with Crippen molar-refractivity contribution >= 4 is 12.0 Å². The monoisotopic (exact) mass is 254 g/mol. The molecule has 1 fully saturated rings. The fraction of sp³-hybridized carbons (Fsp3) is 0.667. The molecule has 0 aliphatic carbocycles. The molecule has 18 heavy (non-hydrogen) atoms. The molecule has 100 valence electrons. The van der Waals surface area contributed by atoms with E-state index in [2.05, 4.69) is 11.2 Å². The third-order valence-corrected chi connectivity index (χ3v) is 2.66. The minimum absolute atomic E-state index is 0.269. The molecule has 2 N–H and O–H groups in total. The van der Waals surface area contributed by atoms with Crippen LogP contribution < -0.4 is 5.32 Å². The van der Waals surface area contributed by atoms with Crippen LogP contribution in [0.5, 0.6) is 0 Å². The first-order valence-electron chi connectivity index (χ1n) is 5.58. The lowest BCUT2D eigenvalue weighted by Gasteiger charge is -2.47. The smallest absolute Gasteiger partial charge is 0.329 e. The Labute approximate surface area is 106 Å². The van der Waals surface area contributed by atoms with Crippen molar-refractivity contribution in [1.82, 2.24) is 10.2 Å². The SMILES string of the molecule is C#CC(C)(C)NC(=O)N1CC(C)(OCC(=O)O)C1. The molecule has 0 saturated carbocycles. The van der Waals surface area contributed by atoms with Gasteiger partial charge in [0.25, 0.3) is 0 Å². The molecule has 6 heteroatoms. The van der Waals surface area contributed by atoms with Crippen LogP contribution in [-0.2, 0) is 9.53 Å². The normalized spacial score (nSPS) is 17.6. The van der Waals surface area contributed by atoms with E-state index in [0.29, 0.717) is 13.1 Å². The Bertz CT molecular complexity index is 391. The molecular formula is C12H18N2O4. The molecule has 0 unspecified atom stereocenters. The van der Waals surface area contributed by atoms with Gasteiger partial charge in [-0.1, -0.05) is 5.92 Å². The minimum atomic E-state index is -1.02. The standard InChI is InChI=1S/C12H18N2O4/c1-5-11(2,3)13-10(17)14-7-12(4,8-14)18-6-9(15)16/h1H,6-8H2,2-4H3,(H,13,17)(H,15,16). The van der Waals surface area contributed by atoms with E-state index in [4.69, 9.17) is 16.3 Å². The second kappa shape index (κ2) is 4.86. The number of likely N-dealkylation sites (tertiary alicyclic amines) is 1. The molecule has 6 nitrogen and oxygen atoms in total.